The van der Waals surface area contributed by atoms with Gasteiger partial charge in [-0.15, -0.1) is 0 Å². The minimum atomic E-state index is -4.40. The highest BCUT2D eigenvalue weighted by atomic mass is 19.4. The maximum absolute atomic E-state index is 12.2. The van der Waals surface area contributed by atoms with Gasteiger partial charge in [0.05, 0.1) is 18.7 Å². The highest BCUT2D eigenvalue weighted by Crippen LogP contribution is 2.29. The number of hydrogen-bond acceptors (Lipinski definition) is 4. The summed E-state index contributed by atoms with van der Waals surface area (Å²) >= 11 is 0. The van der Waals surface area contributed by atoms with E-state index in [0.717, 1.165) is 11.1 Å². The molecule has 0 atom stereocenters. The van der Waals surface area contributed by atoms with E-state index >= 15 is 0 Å². The summed E-state index contributed by atoms with van der Waals surface area (Å²) in [7, 11) is 1.38. The molecule has 132 valence electrons. The van der Waals surface area contributed by atoms with Crippen LogP contribution in [-0.2, 0) is 13.1 Å². The van der Waals surface area contributed by atoms with E-state index in [2.05, 4.69) is 11.4 Å². The fourth-order valence-corrected chi connectivity index (χ4v) is 2.20. The zero-order valence-electron chi connectivity index (χ0n) is 13.6. The van der Waals surface area contributed by atoms with Gasteiger partial charge in [-0.25, -0.2) is 0 Å². The summed E-state index contributed by atoms with van der Waals surface area (Å²) in [6.07, 6.45) is -4.40. The van der Waals surface area contributed by atoms with Gasteiger partial charge in [0.25, 0.3) is 0 Å². The maximum atomic E-state index is 12.2. The Morgan fingerprint density at radius 3 is 2.40 bits per heavy atom. The van der Waals surface area contributed by atoms with Gasteiger partial charge in [-0.1, -0.05) is 18.2 Å². The van der Waals surface area contributed by atoms with Crippen LogP contribution in [0.15, 0.2) is 42.5 Å². The molecule has 0 aliphatic rings. The van der Waals surface area contributed by atoms with Crippen molar-refractivity contribution in [1.82, 2.24) is 5.32 Å². The Kier molecular flexibility index (Phi) is 6.25. The Hall–Kier alpha value is -2.72. The predicted octanol–water partition coefficient (Wildman–Crippen LogP) is 3.80. The first-order chi connectivity index (χ1) is 11.9. The van der Waals surface area contributed by atoms with Gasteiger partial charge in [0, 0.05) is 13.1 Å². The summed E-state index contributed by atoms with van der Waals surface area (Å²) in [5, 5.41) is 12.1. The van der Waals surface area contributed by atoms with Gasteiger partial charge >= 0.3 is 6.18 Å². The second-order valence-corrected chi connectivity index (χ2v) is 5.30. The lowest BCUT2D eigenvalue weighted by molar-refractivity contribution is -0.153. The average Bonchev–Trinajstić information content (AvgIpc) is 2.60. The number of hydrogen-bond donors (Lipinski definition) is 1. The van der Waals surface area contributed by atoms with Crippen LogP contribution in [0.4, 0.5) is 13.2 Å². The zero-order chi connectivity index (χ0) is 18.3. The largest absolute Gasteiger partial charge is 0.493 e. The molecule has 2 aromatic carbocycles. The first-order valence-electron chi connectivity index (χ1n) is 7.47. The zero-order valence-corrected chi connectivity index (χ0v) is 13.6. The summed E-state index contributed by atoms with van der Waals surface area (Å²) in [4.78, 5) is 0. The second-order valence-electron chi connectivity index (χ2n) is 5.30. The second kappa shape index (κ2) is 8.40. The summed E-state index contributed by atoms with van der Waals surface area (Å²) < 4.78 is 46.6. The summed E-state index contributed by atoms with van der Waals surface area (Å²) in [6, 6.07) is 14.1. The van der Waals surface area contributed by atoms with Crippen LogP contribution in [0, 0.1) is 11.3 Å². The van der Waals surface area contributed by atoms with Crippen molar-refractivity contribution in [2.24, 2.45) is 0 Å². The Bertz CT molecular complexity index is 755. The monoisotopic (exact) mass is 350 g/mol. The lowest BCUT2D eigenvalue weighted by Gasteiger charge is -2.14. The molecule has 0 bridgehead atoms. The molecule has 7 heteroatoms. The number of nitrogens with one attached hydrogen (secondary N) is 1. The molecule has 4 nitrogen and oxygen atoms in total. The molecule has 0 fully saturated rings. The highest BCUT2D eigenvalue weighted by molar-refractivity contribution is 5.43. The van der Waals surface area contributed by atoms with E-state index in [-0.39, 0.29) is 11.5 Å². The molecule has 0 saturated carbocycles. The van der Waals surface area contributed by atoms with Crippen LogP contribution in [-0.4, -0.2) is 19.9 Å². The average molecular weight is 350 g/mol. The standard InChI is InChI=1S/C18H17F3N2O2/c1-24-17-8-15(5-6-16(17)25-12-18(19,20)21)11-23-10-14-4-2-3-13(7-14)9-22/h2-8,23H,10-12H2,1H3. The fourth-order valence-electron chi connectivity index (χ4n) is 2.20. The summed E-state index contributed by atoms with van der Waals surface area (Å²) in [5.74, 6) is 0.292. The van der Waals surface area contributed by atoms with Gasteiger partial charge in [0.2, 0.25) is 0 Å². The van der Waals surface area contributed by atoms with Crippen LogP contribution in [0.5, 0.6) is 11.5 Å². The van der Waals surface area contributed by atoms with Gasteiger partial charge in [0.15, 0.2) is 18.1 Å². The Morgan fingerprint density at radius 2 is 1.76 bits per heavy atom. The molecule has 0 aromatic heterocycles. The van der Waals surface area contributed by atoms with Crippen molar-refractivity contribution < 1.29 is 22.6 Å². The number of methoxy groups -OCH3 is 1. The summed E-state index contributed by atoms with van der Waals surface area (Å²) in [5.41, 5.74) is 2.40. The molecule has 0 saturated heterocycles. The molecule has 2 rings (SSSR count). The maximum Gasteiger partial charge on any atom is 0.422 e. The van der Waals surface area contributed by atoms with Crippen LogP contribution in [0.1, 0.15) is 16.7 Å². The van der Waals surface area contributed by atoms with Gasteiger partial charge < -0.3 is 14.8 Å². The summed E-state index contributed by atoms with van der Waals surface area (Å²) in [6.45, 7) is -0.312. The van der Waals surface area contributed by atoms with Crippen molar-refractivity contribution >= 4 is 0 Å². The van der Waals surface area contributed by atoms with Crippen molar-refractivity contribution in [2.45, 2.75) is 19.3 Å². The number of halogens is 3. The third-order valence-corrected chi connectivity index (χ3v) is 3.33. The topological polar surface area (TPSA) is 54.3 Å². The fraction of sp³-hybridized carbons (Fsp3) is 0.278. The molecule has 0 aliphatic heterocycles. The lowest BCUT2D eigenvalue weighted by Crippen LogP contribution is -2.19. The number of nitrogens with zero attached hydrogens (tertiary/aromatic N) is 1. The lowest BCUT2D eigenvalue weighted by atomic mass is 10.1. The Labute approximate surface area is 143 Å². The normalized spacial score (nSPS) is 11.0. The van der Waals surface area contributed by atoms with E-state index in [1.807, 2.05) is 12.1 Å². The molecular formula is C18H17F3N2O2. The van der Waals surface area contributed by atoms with Crippen molar-refractivity contribution in [3.63, 3.8) is 0 Å². The molecule has 0 amide bonds. The van der Waals surface area contributed by atoms with E-state index in [4.69, 9.17) is 14.7 Å². The van der Waals surface area contributed by atoms with Gasteiger partial charge in [-0.3, -0.25) is 0 Å². The third-order valence-electron chi connectivity index (χ3n) is 3.33. The highest BCUT2D eigenvalue weighted by Gasteiger charge is 2.29. The first-order valence-corrected chi connectivity index (χ1v) is 7.47. The number of nitriles is 1. The van der Waals surface area contributed by atoms with E-state index in [1.165, 1.54) is 13.2 Å². The molecule has 0 unspecified atom stereocenters. The smallest absolute Gasteiger partial charge is 0.422 e. The third kappa shape index (κ3) is 6.01. The SMILES string of the molecule is COc1cc(CNCc2cccc(C#N)c2)ccc1OCC(F)(F)F. The van der Waals surface area contributed by atoms with Crippen molar-refractivity contribution in [2.75, 3.05) is 13.7 Å². The van der Waals surface area contributed by atoms with Crippen LogP contribution in [0.2, 0.25) is 0 Å². The Morgan fingerprint density at radius 1 is 1.04 bits per heavy atom. The van der Waals surface area contributed by atoms with E-state index in [1.54, 1.807) is 24.3 Å². The molecule has 0 aliphatic carbocycles. The van der Waals surface area contributed by atoms with Crippen LogP contribution in [0.25, 0.3) is 0 Å². The molecule has 2 aromatic rings. The quantitative estimate of drug-likeness (QED) is 0.825. The number of ether oxygens (including phenoxy) is 2. The van der Waals surface area contributed by atoms with Crippen LogP contribution < -0.4 is 14.8 Å². The molecule has 0 spiro atoms. The van der Waals surface area contributed by atoms with Gasteiger partial charge in [0.1, 0.15) is 0 Å². The van der Waals surface area contributed by atoms with E-state index in [0.29, 0.717) is 18.7 Å². The molecular weight excluding hydrogens is 333 g/mol. The van der Waals surface area contributed by atoms with Crippen molar-refractivity contribution in [3.05, 3.63) is 59.2 Å². The Balaban J connectivity index is 1.95. The first kappa shape index (κ1) is 18.6. The van der Waals surface area contributed by atoms with Crippen LogP contribution in [0.3, 0.4) is 0 Å². The van der Waals surface area contributed by atoms with E-state index in [9.17, 15) is 13.2 Å². The number of alkyl halides is 3. The number of rotatable bonds is 7. The molecule has 1 N–H and O–H groups in total. The van der Waals surface area contributed by atoms with Crippen LogP contribution >= 0.6 is 0 Å². The molecule has 0 heterocycles. The van der Waals surface area contributed by atoms with Crippen molar-refractivity contribution in [1.29, 1.82) is 5.26 Å². The molecule has 25 heavy (non-hydrogen) atoms. The minimum absolute atomic E-state index is 0.0466. The van der Waals surface area contributed by atoms with Gasteiger partial charge in [-0.05, 0) is 35.4 Å². The molecule has 0 radical (unpaired) electrons. The van der Waals surface area contributed by atoms with Crippen molar-refractivity contribution in [3.8, 4) is 17.6 Å². The van der Waals surface area contributed by atoms with E-state index < -0.39 is 12.8 Å². The van der Waals surface area contributed by atoms with Gasteiger partial charge in [-0.2, -0.15) is 18.4 Å². The minimum Gasteiger partial charge on any atom is -0.493 e. The predicted molar refractivity (Wildman–Crippen MR) is 86.2 cm³/mol. The number of benzene rings is 2.